The number of hydrogen-bond acceptors (Lipinski definition) is 1. The summed E-state index contributed by atoms with van der Waals surface area (Å²) in [5.74, 6) is -23.4. The lowest BCUT2D eigenvalue weighted by Crippen LogP contribution is -2.64. The van der Waals surface area contributed by atoms with Gasteiger partial charge in [-0.3, -0.25) is 4.79 Å². The average molecular weight is 367 g/mol. The number of rotatable bonds is 5. The summed E-state index contributed by atoms with van der Waals surface area (Å²) in [6.07, 6.45) is -6.82. The summed E-state index contributed by atoms with van der Waals surface area (Å²) in [4.78, 5) is 11.3. The maximum atomic E-state index is 13.4. The van der Waals surface area contributed by atoms with Gasteiger partial charge in [0.15, 0.2) is 0 Å². The number of aryl methyl sites for hydroxylation is 1. The van der Waals surface area contributed by atoms with Gasteiger partial charge in [-0.2, -0.15) is 39.5 Å². The van der Waals surface area contributed by atoms with Crippen molar-refractivity contribution in [2.45, 2.75) is 37.3 Å². The highest BCUT2D eigenvalue weighted by Crippen LogP contribution is 2.53. The molecule has 0 unspecified atom stereocenters. The number of amides is 1. The van der Waals surface area contributed by atoms with Gasteiger partial charge < -0.3 is 5.32 Å². The van der Waals surface area contributed by atoms with Crippen LogP contribution in [0, 0.1) is 0 Å². The van der Waals surface area contributed by atoms with E-state index in [1.165, 1.54) is 30.4 Å². The Morgan fingerprint density at radius 1 is 0.917 bits per heavy atom. The third-order valence-corrected chi connectivity index (χ3v) is 3.08. The zero-order valence-electron chi connectivity index (χ0n) is 11.8. The van der Waals surface area contributed by atoms with Crippen LogP contribution in [0.4, 0.5) is 45.2 Å². The zero-order valence-corrected chi connectivity index (χ0v) is 11.8. The van der Waals surface area contributed by atoms with Crippen molar-refractivity contribution in [2.75, 3.05) is 5.32 Å². The summed E-state index contributed by atoms with van der Waals surface area (Å²) >= 11 is 0. The molecule has 0 aliphatic carbocycles. The number of carbonyl (C=O) groups is 1. The Hall–Kier alpha value is -1.94. The molecule has 24 heavy (non-hydrogen) atoms. The standard InChI is InChI=1S/C13H10F9NO/c1-2-7-5-3-4-6-8(7)23-9(24)10(14,15)11(16,17)12(18,19)13(20,21)22/h3-6H,2H2,1H3,(H,23,24). The summed E-state index contributed by atoms with van der Waals surface area (Å²) in [7, 11) is 0. The molecule has 0 spiro atoms. The van der Waals surface area contributed by atoms with E-state index >= 15 is 0 Å². The molecular weight excluding hydrogens is 357 g/mol. The minimum Gasteiger partial charge on any atom is -0.320 e. The largest absolute Gasteiger partial charge is 0.460 e. The van der Waals surface area contributed by atoms with Gasteiger partial charge in [0.25, 0.3) is 0 Å². The van der Waals surface area contributed by atoms with Gasteiger partial charge in [-0.1, -0.05) is 25.1 Å². The van der Waals surface area contributed by atoms with Crippen molar-refractivity contribution >= 4 is 11.6 Å². The van der Waals surface area contributed by atoms with Crippen molar-refractivity contribution in [3.63, 3.8) is 0 Å². The van der Waals surface area contributed by atoms with Crippen molar-refractivity contribution < 1.29 is 44.3 Å². The summed E-state index contributed by atoms with van der Waals surface area (Å²) in [5.41, 5.74) is -0.219. The molecule has 0 aromatic heterocycles. The Labute approximate surface area is 129 Å². The van der Waals surface area contributed by atoms with Crippen LogP contribution in [0.25, 0.3) is 0 Å². The molecule has 11 heteroatoms. The van der Waals surface area contributed by atoms with E-state index in [0.717, 1.165) is 6.07 Å². The number of carbonyl (C=O) groups excluding carboxylic acids is 1. The van der Waals surface area contributed by atoms with E-state index in [4.69, 9.17) is 0 Å². The first-order valence-corrected chi connectivity index (χ1v) is 6.29. The minimum absolute atomic E-state index is 0.150. The van der Waals surface area contributed by atoms with Gasteiger partial charge in [0, 0.05) is 5.69 Å². The minimum atomic E-state index is -7.11. The number of halogens is 9. The number of para-hydroxylation sites is 1. The van der Waals surface area contributed by atoms with Crippen molar-refractivity contribution in [1.82, 2.24) is 0 Å². The molecule has 0 atom stereocenters. The number of anilines is 1. The fourth-order valence-corrected chi connectivity index (χ4v) is 1.67. The Bertz CT molecular complexity index is 610. The molecule has 1 aromatic rings. The number of benzene rings is 1. The molecule has 0 heterocycles. The molecule has 0 aliphatic heterocycles. The quantitative estimate of drug-likeness (QED) is 0.754. The molecule has 1 rings (SSSR count). The van der Waals surface area contributed by atoms with Gasteiger partial charge in [0.05, 0.1) is 0 Å². The zero-order chi connectivity index (χ0) is 19.0. The molecule has 1 N–H and O–H groups in total. The smallest absolute Gasteiger partial charge is 0.320 e. The van der Waals surface area contributed by atoms with Gasteiger partial charge in [0.1, 0.15) is 0 Å². The topological polar surface area (TPSA) is 29.1 Å². The lowest BCUT2D eigenvalue weighted by Gasteiger charge is -2.32. The third kappa shape index (κ3) is 3.16. The molecule has 0 fully saturated rings. The first kappa shape index (κ1) is 20.1. The van der Waals surface area contributed by atoms with Crippen LogP contribution in [-0.2, 0) is 11.2 Å². The number of hydrogen-bond donors (Lipinski definition) is 1. The normalized spacial score (nSPS) is 13.8. The molecule has 0 aliphatic rings. The van der Waals surface area contributed by atoms with Crippen LogP contribution in [0.3, 0.4) is 0 Å². The summed E-state index contributed by atoms with van der Waals surface area (Å²) in [5, 5.41) is 1.26. The number of nitrogens with one attached hydrogen (secondary N) is 1. The van der Waals surface area contributed by atoms with Gasteiger partial charge in [0.2, 0.25) is 0 Å². The Balaban J connectivity index is 3.21. The van der Waals surface area contributed by atoms with Crippen LogP contribution in [0.5, 0.6) is 0 Å². The fourth-order valence-electron chi connectivity index (χ4n) is 1.67. The molecule has 1 amide bonds. The molecule has 0 bridgehead atoms. The predicted molar refractivity (Wildman–Crippen MR) is 65.3 cm³/mol. The first-order chi connectivity index (χ1) is 10.7. The van der Waals surface area contributed by atoms with E-state index in [9.17, 15) is 44.3 Å². The van der Waals surface area contributed by atoms with E-state index in [0.29, 0.717) is 0 Å². The van der Waals surface area contributed by atoms with E-state index < -0.39 is 35.5 Å². The molecule has 136 valence electrons. The highest BCUT2D eigenvalue weighted by atomic mass is 19.4. The third-order valence-electron chi connectivity index (χ3n) is 3.08. The van der Waals surface area contributed by atoms with Crippen molar-refractivity contribution in [3.8, 4) is 0 Å². The molecule has 0 saturated heterocycles. The van der Waals surface area contributed by atoms with Gasteiger partial charge in [-0.25, -0.2) is 0 Å². The second-order valence-electron chi connectivity index (χ2n) is 4.69. The monoisotopic (exact) mass is 367 g/mol. The molecule has 2 nitrogen and oxygen atoms in total. The second kappa shape index (κ2) is 6.17. The molecular formula is C13H10F9NO. The second-order valence-corrected chi connectivity index (χ2v) is 4.69. The maximum absolute atomic E-state index is 13.4. The Morgan fingerprint density at radius 3 is 1.88 bits per heavy atom. The lowest BCUT2D eigenvalue weighted by atomic mass is 10.0. The van der Waals surface area contributed by atoms with E-state index in [2.05, 4.69) is 0 Å². The summed E-state index contributed by atoms with van der Waals surface area (Å²) < 4.78 is 114. The molecule has 0 saturated carbocycles. The van der Waals surface area contributed by atoms with Crippen LogP contribution in [0.2, 0.25) is 0 Å². The SMILES string of the molecule is CCc1ccccc1NC(=O)C(F)(F)C(F)(F)C(F)(F)C(F)(F)F. The van der Waals surface area contributed by atoms with Crippen LogP contribution < -0.4 is 5.32 Å². The predicted octanol–water partition coefficient (Wildman–Crippen LogP) is 4.66. The average Bonchev–Trinajstić information content (AvgIpc) is 2.46. The van der Waals surface area contributed by atoms with Gasteiger partial charge in [-0.05, 0) is 18.1 Å². The fraction of sp³-hybridized carbons (Fsp3) is 0.462. The van der Waals surface area contributed by atoms with Crippen molar-refractivity contribution in [1.29, 1.82) is 0 Å². The lowest BCUT2D eigenvalue weighted by molar-refractivity contribution is -0.388. The van der Waals surface area contributed by atoms with Gasteiger partial charge >= 0.3 is 29.9 Å². The van der Waals surface area contributed by atoms with Gasteiger partial charge in [-0.15, -0.1) is 0 Å². The van der Waals surface area contributed by atoms with Crippen molar-refractivity contribution in [3.05, 3.63) is 29.8 Å². The molecule has 0 radical (unpaired) electrons. The highest BCUT2D eigenvalue weighted by Gasteiger charge is 2.83. The first-order valence-electron chi connectivity index (χ1n) is 6.29. The van der Waals surface area contributed by atoms with Crippen LogP contribution in [0.1, 0.15) is 12.5 Å². The van der Waals surface area contributed by atoms with E-state index in [1.807, 2.05) is 0 Å². The van der Waals surface area contributed by atoms with Crippen LogP contribution in [0.15, 0.2) is 24.3 Å². The van der Waals surface area contributed by atoms with E-state index in [1.54, 1.807) is 0 Å². The number of alkyl halides is 9. The Kier molecular flexibility index (Phi) is 5.17. The maximum Gasteiger partial charge on any atom is 0.460 e. The Morgan fingerprint density at radius 2 is 1.42 bits per heavy atom. The van der Waals surface area contributed by atoms with E-state index in [-0.39, 0.29) is 12.0 Å². The highest BCUT2D eigenvalue weighted by molar-refractivity contribution is 5.97. The van der Waals surface area contributed by atoms with Crippen LogP contribution in [-0.4, -0.2) is 29.9 Å². The molecule has 1 aromatic carbocycles. The summed E-state index contributed by atoms with van der Waals surface area (Å²) in [6.45, 7) is 1.51. The van der Waals surface area contributed by atoms with Crippen LogP contribution >= 0.6 is 0 Å². The summed E-state index contributed by atoms with van der Waals surface area (Å²) in [6, 6.07) is 4.96. The van der Waals surface area contributed by atoms with Crippen molar-refractivity contribution in [2.24, 2.45) is 0 Å².